The van der Waals surface area contributed by atoms with Crippen molar-refractivity contribution < 1.29 is 17.5 Å². The van der Waals surface area contributed by atoms with Gasteiger partial charge in [0.05, 0.1) is 31.1 Å². The SMILES string of the molecule is CCCC[N+](CCCC)(CCCC)CCCC.O=S(=O)([O-])c1ccc2ccccc2c1. The van der Waals surface area contributed by atoms with Crippen molar-refractivity contribution in [3.63, 3.8) is 0 Å². The molecule has 0 saturated heterocycles. The van der Waals surface area contributed by atoms with Crippen molar-refractivity contribution in [2.75, 3.05) is 26.2 Å². The Hall–Kier alpha value is -1.43. The average Bonchev–Trinajstić information content (AvgIpc) is 2.77. The van der Waals surface area contributed by atoms with Crippen molar-refractivity contribution in [1.82, 2.24) is 0 Å². The third-order valence-electron chi connectivity index (χ3n) is 5.95. The van der Waals surface area contributed by atoms with E-state index in [1.54, 1.807) is 18.2 Å². The quantitative estimate of drug-likeness (QED) is 0.251. The highest BCUT2D eigenvalue weighted by Crippen LogP contribution is 2.18. The van der Waals surface area contributed by atoms with Crippen molar-refractivity contribution in [2.45, 2.75) is 84.0 Å². The van der Waals surface area contributed by atoms with Crippen molar-refractivity contribution in [2.24, 2.45) is 0 Å². The summed E-state index contributed by atoms with van der Waals surface area (Å²) >= 11 is 0. The molecule has 2 aromatic rings. The van der Waals surface area contributed by atoms with Gasteiger partial charge in [0.15, 0.2) is 0 Å². The molecule has 0 atom stereocenters. The van der Waals surface area contributed by atoms with Crippen LogP contribution in [-0.4, -0.2) is 43.6 Å². The molecule has 176 valence electrons. The van der Waals surface area contributed by atoms with Gasteiger partial charge in [0.2, 0.25) is 0 Å². The van der Waals surface area contributed by atoms with Gasteiger partial charge in [-0.25, -0.2) is 8.42 Å². The summed E-state index contributed by atoms with van der Waals surface area (Å²) in [6, 6.07) is 11.6. The molecular formula is C26H43NO3S. The van der Waals surface area contributed by atoms with Crippen LogP contribution in [0.15, 0.2) is 47.4 Å². The summed E-state index contributed by atoms with van der Waals surface area (Å²) in [6.07, 6.45) is 11.1. The fraction of sp³-hybridized carbons (Fsp3) is 0.615. The molecule has 31 heavy (non-hydrogen) atoms. The third kappa shape index (κ3) is 10.2. The first-order valence-corrected chi connectivity index (χ1v) is 13.5. The average molecular weight is 450 g/mol. The summed E-state index contributed by atoms with van der Waals surface area (Å²) in [4.78, 5) is -0.184. The highest BCUT2D eigenvalue weighted by Gasteiger charge is 2.24. The highest BCUT2D eigenvalue weighted by atomic mass is 32.2. The normalized spacial score (nSPS) is 11.9. The summed E-state index contributed by atoms with van der Waals surface area (Å²) < 4.78 is 33.6. The van der Waals surface area contributed by atoms with Crippen LogP contribution in [0.4, 0.5) is 0 Å². The minimum atomic E-state index is -4.34. The van der Waals surface area contributed by atoms with Gasteiger partial charge < -0.3 is 9.04 Å². The van der Waals surface area contributed by atoms with Crippen molar-refractivity contribution in [3.8, 4) is 0 Å². The van der Waals surface area contributed by atoms with E-state index in [0.717, 1.165) is 10.8 Å². The predicted molar refractivity (Wildman–Crippen MR) is 131 cm³/mol. The summed E-state index contributed by atoms with van der Waals surface area (Å²) in [5.74, 6) is 0. The Morgan fingerprint density at radius 1 is 0.677 bits per heavy atom. The first-order chi connectivity index (χ1) is 14.8. The van der Waals surface area contributed by atoms with E-state index in [1.807, 2.05) is 12.1 Å². The fourth-order valence-corrected chi connectivity index (χ4v) is 4.47. The molecule has 0 N–H and O–H groups in total. The monoisotopic (exact) mass is 449 g/mol. The van der Waals surface area contributed by atoms with Crippen LogP contribution in [0.5, 0.6) is 0 Å². The molecule has 0 heterocycles. The van der Waals surface area contributed by atoms with Crippen LogP contribution >= 0.6 is 0 Å². The minimum Gasteiger partial charge on any atom is -0.744 e. The number of hydrogen-bond donors (Lipinski definition) is 0. The first-order valence-electron chi connectivity index (χ1n) is 12.1. The first kappa shape index (κ1) is 27.6. The molecule has 0 aliphatic carbocycles. The van der Waals surface area contributed by atoms with Gasteiger partial charge in [-0.3, -0.25) is 0 Å². The molecule has 0 amide bonds. The molecule has 0 spiro atoms. The van der Waals surface area contributed by atoms with Crippen LogP contribution in [0.1, 0.15) is 79.1 Å². The van der Waals surface area contributed by atoms with Gasteiger partial charge in [-0.05, 0) is 48.6 Å². The largest absolute Gasteiger partial charge is 0.744 e. The van der Waals surface area contributed by atoms with E-state index in [-0.39, 0.29) is 4.90 Å². The van der Waals surface area contributed by atoms with Crippen LogP contribution in [-0.2, 0) is 10.1 Å². The lowest BCUT2D eigenvalue weighted by molar-refractivity contribution is -0.929. The van der Waals surface area contributed by atoms with Gasteiger partial charge in [0, 0.05) is 0 Å². The Morgan fingerprint density at radius 3 is 1.48 bits per heavy atom. The van der Waals surface area contributed by atoms with Crippen molar-refractivity contribution in [1.29, 1.82) is 0 Å². The van der Waals surface area contributed by atoms with E-state index in [1.165, 1.54) is 94.2 Å². The summed E-state index contributed by atoms with van der Waals surface area (Å²) in [5.41, 5.74) is 0. The van der Waals surface area contributed by atoms with Gasteiger partial charge in [-0.2, -0.15) is 0 Å². The number of nitrogens with zero attached hydrogens (tertiary/aromatic N) is 1. The molecule has 0 aromatic heterocycles. The van der Waals surface area contributed by atoms with E-state index < -0.39 is 10.1 Å². The second-order valence-electron chi connectivity index (χ2n) is 8.61. The third-order valence-corrected chi connectivity index (χ3v) is 6.78. The lowest BCUT2D eigenvalue weighted by atomic mass is 10.1. The smallest absolute Gasteiger partial charge is 0.124 e. The number of hydrogen-bond acceptors (Lipinski definition) is 3. The molecule has 0 radical (unpaired) electrons. The van der Waals surface area contributed by atoms with E-state index in [4.69, 9.17) is 0 Å². The standard InChI is InChI=1S/C16H36N.C10H8O3S/c1-5-9-13-17(14-10-6-2,15-11-7-3)16-12-8-4;11-14(12,13)10-6-5-8-3-1-2-4-9(8)7-10/h5-16H2,1-4H3;1-7H,(H,11,12,13)/q+1;/p-1. The Bertz CT molecular complexity index is 811. The fourth-order valence-electron chi connectivity index (χ4n) is 3.97. The molecule has 2 aromatic carbocycles. The molecule has 0 fully saturated rings. The lowest BCUT2D eigenvalue weighted by Crippen LogP contribution is -2.50. The number of fused-ring (bicyclic) bond motifs is 1. The number of quaternary nitrogens is 1. The van der Waals surface area contributed by atoms with Crippen LogP contribution in [0, 0.1) is 0 Å². The molecule has 5 heteroatoms. The molecule has 4 nitrogen and oxygen atoms in total. The zero-order valence-electron chi connectivity index (χ0n) is 20.1. The van der Waals surface area contributed by atoms with Crippen LogP contribution < -0.4 is 0 Å². The molecule has 0 unspecified atom stereocenters. The number of benzene rings is 2. The van der Waals surface area contributed by atoms with E-state index in [0.29, 0.717) is 0 Å². The second kappa shape index (κ2) is 14.6. The van der Waals surface area contributed by atoms with E-state index >= 15 is 0 Å². The molecular weight excluding hydrogens is 406 g/mol. The van der Waals surface area contributed by atoms with Gasteiger partial charge in [-0.1, -0.05) is 83.7 Å². The molecule has 0 saturated carbocycles. The molecule has 0 aliphatic rings. The van der Waals surface area contributed by atoms with Crippen LogP contribution in [0.25, 0.3) is 10.8 Å². The Morgan fingerprint density at radius 2 is 1.10 bits per heavy atom. The summed E-state index contributed by atoms with van der Waals surface area (Å²) in [7, 11) is -4.34. The Kier molecular flexibility index (Phi) is 13.0. The summed E-state index contributed by atoms with van der Waals surface area (Å²) in [6.45, 7) is 15.0. The van der Waals surface area contributed by atoms with Gasteiger partial charge in [-0.15, -0.1) is 0 Å². The Balaban J connectivity index is 0.000000314. The van der Waals surface area contributed by atoms with Gasteiger partial charge in [0.25, 0.3) is 0 Å². The minimum absolute atomic E-state index is 0.184. The highest BCUT2D eigenvalue weighted by molar-refractivity contribution is 7.85. The molecule has 0 aliphatic heterocycles. The number of unbranched alkanes of at least 4 members (excludes halogenated alkanes) is 4. The molecule has 0 bridgehead atoms. The van der Waals surface area contributed by atoms with Gasteiger partial charge >= 0.3 is 0 Å². The zero-order chi connectivity index (χ0) is 23.2. The van der Waals surface area contributed by atoms with Crippen molar-refractivity contribution in [3.05, 3.63) is 42.5 Å². The zero-order valence-corrected chi connectivity index (χ0v) is 20.9. The number of rotatable bonds is 13. The van der Waals surface area contributed by atoms with Crippen LogP contribution in [0.2, 0.25) is 0 Å². The summed E-state index contributed by atoms with van der Waals surface area (Å²) in [5, 5.41) is 1.67. The molecule has 2 rings (SSSR count). The maximum atomic E-state index is 10.7. The van der Waals surface area contributed by atoms with Gasteiger partial charge in [0.1, 0.15) is 10.1 Å². The van der Waals surface area contributed by atoms with E-state index in [2.05, 4.69) is 27.7 Å². The second-order valence-corrected chi connectivity index (χ2v) is 9.99. The topological polar surface area (TPSA) is 57.2 Å². The van der Waals surface area contributed by atoms with E-state index in [9.17, 15) is 13.0 Å². The Labute approximate surface area is 191 Å². The van der Waals surface area contributed by atoms with Crippen LogP contribution in [0.3, 0.4) is 0 Å². The van der Waals surface area contributed by atoms with Crippen molar-refractivity contribution >= 4 is 20.9 Å². The predicted octanol–water partition coefficient (Wildman–Crippen LogP) is 6.75. The lowest BCUT2D eigenvalue weighted by Gasteiger charge is -2.39. The maximum Gasteiger partial charge on any atom is 0.124 e. The maximum absolute atomic E-state index is 10.7.